The molecule has 0 aliphatic rings. The third kappa shape index (κ3) is 10.9. The maximum atomic E-state index is 12.5. The molecule has 1 aromatic rings. The standard InChI is InChI=1S/C29H40N4O/c1-10-30-19-28(21(4)5)31-18-24(8)32-25(9)26-12-11-13-27(17-26)33-29(34)23(7)15-14-22(6)16-20(2)3/h11-15,17-20,25,32H,4,6-7,10,16H2,1-3,5,8-9H3,(H,33,34)/b15-14-,24-18+,30-19?,31-28?/t25-/m0/s1. The second-order valence-corrected chi connectivity index (χ2v) is 8.80. The molecule has 0 fully saturated rings. The molecule has 0 saturated heterocycles. The van der Waals surface area contributed by atoms with E-state index in [1.165, 1.54) is 0 Å². The molecule has 0 aliphatic carbocycles. The lowest BCUT2D eigenvalue weighted by Gasteiger charge is -2.17. The number of hydrogen-bond acceptors (Lipinski definition) is 4. The molecule has 34 heavy (non-hydrogen) atoms. The van der Waals surface area contributed by atoms with Gasteiger partial charge in [-0.15, -0.1) is 0 Å². The lowest BCUT2D eigenvalue weighted by molar-refractivity contribution is -0.112. The van der Waals surface area contributed by atoms with Gasteiger partial charge < -0.3 is 10.6 Å². The molecule has 1 aromatic carbocycles. The molecule has 0 heterocycles. The Kier molecular flexibility index (Phi) is 12.3. The van der Waals surface area contributed by atoms with Crippen LogP contribution in [0.3, 0.4) is 0 Å². The van der Waals surface area contributed by atoms with Crippen LogP contribution in [0.4, 0.5) is 5.69 Å². The van der Waals surface area contributed by atoms with Crippen molar-refractivity contribution in [2.24, 2.45) is 15.9 Å². The molecule has 5 nitrogen and oxygen atoms in total. The van der Waals surface area contributed by atoms with Gasteiger partial charge in [0.1, 0.15) is 0 Å². The Bertz CT molecular complexity index is 1010. The monoisotopic (exact) mass is 460 g/mol. The summed E-state index contributed by atoms with van der Waals surface area (Å²) < 4.78 is 0. The largest absolute Gasteiger partial charge is 0.381 e. The van der Waals surface area contributed by atoms with Gasteiger partial charge in [-0.3, -0.25) is 14.8 Å². The van der Waals surface area contributed by atoms with Gasteiger partial charge in [-0.1, -0.05) is 57.4 Å². The van der Waals surface area contributed by atoms with Gasteiger partial charge in [-0.2, -0.15) is 0 Å². The molecule has 0 aromatic heterocycles. The Hall–Kier alpha value is -3.47. The summed E-state index contributed by atoms with van der Waals surface area (Å²) >= 11 is 0. The van der Waals surface area contributed by atoms with E-state index in [1.54, 1.807) is 18.5 Å². The van der Waals surface area contributed by atoms with Gasteiger partial charge in [0.05, 0.1) is 5.71 Å². The van der Waals surface area contributed by atoms with Crippen molar-refractivity contribution in [3.8, 4) is 0 Å². The van der Waals surface area contributed by atoms with Gasteiger partial charge in [-0.25, -0.2) is 0 Å². The molecule has 0 unspecified atom stereocenters. The molecule has 2 N–H and O–H groups in total. The molecule has 0 radical (unpaired) electrons. The van der Waals surface area contributed by atoms with E-state index in [2.05, 4.69) is 61.1 Å². The first-order valence-corrected chi connectivity index (χ1v) is 11.7. The molecule has 5 heteroatoms. The predicted octanol–water partition coefficient (Wildman–Crippen LogP) is 6.96. The van der Waals surface area contributed by atoms with Crippen molar-refractivity contribution in [1.29, 1.82) is 0 Å². The minimum atomic E-state index is -0.238. The third-order valence-corrected chi connectivity index (χ3v) is 4.80. The third-order valence-electron chi connectivity index (χ3n) is 4.80. The van der Waals surface area contributed by atoms with Crippen LogP contribution in [0.15, 0.2) is 94.8 Å². The average Bonchev–Trinajstić information content (AvgIpc) is 2.76. The van der Waals surface area contributed by atoms with E-state index in [0.29, 0.717) is 23.7 Å². The van der Waals surface area contributed by atoms with Crippen LogP contribution < -0.4 is 10.6 Å². The van der Waals surface area contributed by atoms with Gasteiger partial charge in [0.25, 0.3) is 5.91 Å². The van der Waals surface area contributed by atoms with Crippen molar-refractivity contribution in [3.05, 3.63) is 90.3 Å². The first kappa shape index (κ1) is 28.6. The van der Waals surface area contributed by atoms with Crippen molar-refractivity contribution >= 4 is 23.5 Å². The fourth-order valence-electron chi connectivity index (χ4n) is 3.04. The number of benzene rings is 1. The molecular weight excluding hydrogens is 420 g/mol. The Balaban J connectivity index is 2.82. The molecular formula is C29H40N4O. The van der Waals surface area contributed by atoms with Crippen LogP contribution in [0.5, 0.6) is 0 Å². The highest BCUT2D eigenvalue weighted by molar-refractivity contribution is 6.37. The summed E-state index contributed by atoms with van der Waals surface area (Å²) in [6.45, 7) is 24.7. The highest BCUT2D eigenvalue weighted by Crippen LogP contribution is 2.19. The first-order chi connectivity index (χ1) is 16.0. The summed E-state index contributed by atoms with van der Waals surface area (Å²) in [6.07, 6.45) is 7.98. The number of rotatable bonds is 13. The van der Waals surface area contributed by atoms with Gasteiger partial charge >= 0.3 is 0 Å². The predicted molar refractivity (Wildman–Crippen MR) is 149 cm³/mol. The normalized spacial score (nSPS) is 13.4. The number of aliphatic imine (C=N–C) groups is 2. The summed E-state index contributed by atoms with van der Waals surface area (Å²) in [5, 5.41) is 6.35. The van der Waals surface area contributed by atoms with Crippen LogP contribution in [0.1, 0.15) is 59.6 Å². The second kappa shape index (κ2) is 14.6. The lowest BCUT2D eigenvalue weighted by atomic mass is 10.0. The minimum absolute atomic E-state index is 0.0170. The quantitative estimate of drug-likeness (QED) is 0.190. The highest BCUT2D eigenvalue weighted by atomic mass is 16.1. The SMILES string of the molecule is C=C(/C=C\C(=C)C(=O)Nc1cccc([C@H](C)N/C(C)=C/N=C(C=NCC)C(=C)C)c1)CC(C)C. The maximum absolute atomic E-state index is 12.5. The summed E-state index contributed by atoms with van der Waals surface area (Å²) in [5.41, 5.74) is 5.64. The van der Waals surface area contributed by atoms with Gasteiger partial charge in [0.15, 0.2) is 0 Å². The number of amides is 1. The second-order valence-electron chi connectivity index (χ2n) is 8.80. The number of carbonyl (C=O) groups excluding carboxylic acids is 1. The Morgan fingerprint density at radius 1 is 1.12 bits per heavy atom. The molecule has 1 atom stereocenters. The number of hydrogen-bond donors (Lipinski definition) is 2. The Morgan fingerprint density at radius 2 is 1.82 bits per heavy atom. The zero-order chi connectivity index (χ0) is 25.7. The molecule has 0 bridgehead atoms. The Morgan fingerprint density at radius 3 is 2.44 bits per heavy atom. The molecule has 0 saturated carbocycles. The Labute approximate surface area is 205 Å². The number of anilines is 1. The summed E-state index contributed by atoms with van der Waals surface area (Å²) in [7, 11) is 0. The molecule has 1 amide bonds. The van der Waals surface area contributed by atoms with Gasteiger partial charge in [0, 0.05) is 42.0 Å². The topological polar surface area (TPSA) is 65.8 Å². The van der Waals surface area contributed by atoms with Crippen LogP contribution in [-0.2, 0) is 4.79 Å². The van der Waals surface area contributed by atoms with Gasteiger partial charge in [-0.05, 0) is 69.4 Å². The average molecular weight is 461 g/mol. The summed E-state index contributed by atoms with van der Waals surface area (Å²) in [5.74, 6) is 0.281. The minimum Gasteiger partial charge on any atom is -0.381 e. The maximum Gasteiger partial charge on any atom is 0.255 e. The lowest BCUT2D eigenvalue weighted by Crippen LogP contribution is -2.17. The van der Waals surface area contributed by atoms with Crippen molar-refractivity contribution in [2.45, 2.75) is 54.0 Å². The van der Waals surface area contributed by atoms with E-state index in [-0.39, 0.29) is 11.9 Å². The zero-order valence-corrected chi connectivity index (χ0v) is 21.6. The molecule has 0 spiro atoms. The van der Waals surface area contributed by atoms with Crippen molar-refractivity contribution in [1.82, 2.24) is 5.32 Å². The highest BCUT2D eigenvalue weighted by Gasteiger charge is 2.09. The van der Waals surface area contributed by atoms with E-state index < -0.39 is 0 Å². The number of nitrogens with one attached hydrogen (secondary N) is 2. The number of allylic oxidation sites excluding steroid dienone is 4. The van der Waals surface area contributed by atoms with E-state index in [4.69, 9.17) is 0 Å². The van der Waals surface area contributed by atoms with E-state index in [9.17, 15) is 4.79 Å². The fraction of sp³-hybridized carbons (Fsp3) is 0.345. The van der Waals surface area contributed by atoms with E-state index in [0.717, 1.165) is 34.5 Å². The van der Waals surface area contributed by atoms with Crippen LogP contribution in [0.25, 0.3) is 0 Å². The van der Waals surface area contributed by atoms with Gasteiger partial charge in [0.2, 0.25) is 0 Å². The number of nitrogens with zero attached hydrogens (tertiary/aromatic N) is 2. The van der Waals surface area contributed by atoms with Crippen molar-refractivity contribution in [2.75, 3.05) is 11.9 Å². The molecule has 182 valence electrons. The smallest absolute Gasteiger partial charge is 0.255 e. The van der Waals surface area contributed by atoms with Crippen LogP contribution in [0, 0.1) is 5.92 Å². The van der Waals surface area contributed by atoms with Crippen LogP contribution in [0.2, 0.25) is 0 Å². The fourth-order valence-corrected chi connectivity index (χ4v) is 3.04. The number of carbonyl (C=O) groups is 1. The zero-order valence-electron chi connectivity index (χ0n) is 21.6. The van der Waals surface area contributed by atoms with E-state index in [1.807, 2.05) is 51.1 Å². The van der Waals surface area contributed by atoms with Crippen molar-refractivity contribution < 1.29 is 4.79 Å². The molecule has 1 rings (SSSR count). The van der Waals surface area contributed by atoms with E-state index >= 15 is 0 Å². The van der Waals surface area contributed by atoms with Crippen LogP contribution >= 0.6 is 0 Å². The summed E-state index contributed by atoms with van der Waals surface area (Å²) in [4.78, 5) is 21.3. The summed E-state index contributed by atoms with van der Waals surface area (Å²) in [6, 6.07) is 7.77. The van der Waals surface area contributed by atoms with Crippen molar-refractivity contribution in [3.63, 3.8) is 0 Å². The van der Waals surface area contributed by atoms with Crippen LogP contribution in [-0.4, -0.2) is 24.4 Å². The first-order valence-electron chi connectivity index (χ1n) is 11.7. The molecule has 0 aliphatic heterocycles.